The fourth-order valence-electron chi connectivity index (χ4n) is 1.72. The molecular weight excluding hydrogens is 227 g/mol. The molecular formula is C13H18ClFO. The number of hydrogen-bond donors (Lipinski definition) is 0. The highest BCUT2D eigenvalue weighted by molar-refractivity contribution is 6.18. The third-order valence-electron chi connectivity index (χ3n) is 2.72. The van der Waals surface area contributed by atoms with Gasteiger partial charge in [0, 0.05) is 13.0 Å². The highest BCUT2D eigenvalue weighted by Gasteiger charge is 2.12. The number of benzene rings is 1. The summed E-state index contributed by atoms with van der Waals surface area (Å²) in [7, 11) is 1.70. The van der Waals surface area contributed by atoms with Crippen LogP contribution in [-0.2, 0) is 11.2 Å². The van der Waals surface area contributed by atoms with Gasteiger partial charge in [0.05, 0.1) is 6.10 Å². The van der Waals surface area contributed by atoms with E-state index in [0.29, 0.717) is 11.8 Å². The highest BCUT2D eigenvalue weighted by Crippen LogP contribution is 2.17. The minimum atomic E-state index is -0.198. The molecule has 90 valence electrons. The molecule has 0 heterocycles. The van der Waals surface area contributed by atoms with Crippen LogP contribution in [0.2, 0.25) is 0 Å². The van der Waals surface area contributed by atoms with E-state index in [2.05, 4.69) is 0 Å². The van der Waals surface area contributed by atoms with Gasteiger partial charge in [-0.05, 0) is 43.4 Å². The Morgan fingerprint density at radius 1 is 1.31 bits per heavy atom. The van der Waals surface area contributed by atoms with Crippen LogP contribution in [-0.4, -0.2) is 19.1 Å². The molecule has 0 aliphatic carbocycles. The van der Waals surface area contributed by atoms with E-state index in [0.717, 1.165) is 18.4 Å². The number of halogens is 2. The minimum Gasteiger partial charge on any atom is -0.382 e. The second-order valence-electron chi connectivity index (χ2n) is 4.13. The van der Waals surface area contributed by atoms with E-state index in [1.807, 2.05) is 19.1 Å². The summed E-state index contributed by atoms with van der Waals surface area (Å²) in [6.07, 6.45) is 2.01. The van der Waals surface area contributed by atoms with Crippen LogP contribution in [0.5, 0.6) is 0 Å². The van der Waals surface area contributed by atoms with Crippen LogP contribution in [0, 0.1) is 11.7 Å². The lowest BCUT2D eigenvalue weighted by molar-refractivity contribution is 0.0978. The predicted octanol–water partition coefficient (Wildman–Crippen LogP) is 3.65. The molecule has 0 saturated carbocycles. The topological polar surface area (TPSA) is 9.23 Å². The molecule has 0 radical (unpaired) electrons. The van der Waals surface area contributed by atoms with E-state index in [9.17, 15) is 4.39 Å². The normalized spacial score (nSPS) is 14.8. The first-order valence-corrected chi connectivity index (χ1v) is 6.02. The lowest BCUT2D eigenvalue weighted by Crippen LogP contribution is -2.16. The third kappa shape index (κ3) is 4.50. The molecule has 0 aromatic heterocycles. The average molecular weight is 245 g/mol. The fourth-order valence-corrected chi connectivity index (χ4v) is 1.96. The first-order chi connectivity index (χ1) is 7.65. The van der Waals surface area contributed by atoms with Gasteiger partial charge in [-0.25, -0.2) is 4.39 Å². The Bertz CT molecular complexity index is 299. The molecule has 0 aliphatic rings. The van der Waals surface area contributed by atoms with E-state index in [1.165, 1.54) is 12.1 Å². The van der Waals surface area contributed by atoms with Crippen molar-refractivity contribution in [2.75, 3.05) is 13.0 Å². The van der Waals surface area contributed by atoms with Crippen LogP contribution in [0.15, 0.2) is 24.3 Å². The van der Waals surface area contributed by atoms with Crippen molar-refractivity contribution in [2.45, 2.75) is 25.9 Å². The second-order valence-corrected chi connectivity index (χ2v) is 4.44. The van der Waals surface area contributed by atoms with Crippen LogP contribution < -0.4 is 0 Å². The Morgan fingerprint density at radius 2 is 1.94 bits per heavy atom. The van der Waals surface area contributed by atoms with E-state index in [1.54, 1.807) is 7.11 Å². The average Bonchev–Trinajstić information content (AvgIpc) is 2.30. The van der Waals surface area contributed by atoms with Gasteiger partial charge in [-0.3, -0.25) is 0 Å². The molecule has 0 bridgehead atoms. The zero-order valence-electron chi connectivity index (χ0n) is 9.75. The van der Waals surface area contributed by atoms with E-state index >= 15 is 0 Å². The molecule has 1 aromatic rings. The summed E-state index contributed by atoms with van der Waals surface area (Å²) in [4.78, 5) is 0. The maximum Gasteiger partial charge on any atom is 0.123 e. The Labute approximate surface area is 102 Å². The molecule has 0 fully saturated rings. The first-order valence-electron chi connectivity index (χ1n) is 5.49. The number of methoxy groups -OCH3 is 1. The highest BCUT2D eigenvalue weighted by atomic mass is 35.5. The van der Waals surface area contributed by atoms with Gasteiger partial charge in [0.2, 0.25) is 0 Å². The van der Waals surface area contributed by atoms with Crippen molar-refractivity contribution in [1.29, 1.82) is 0 Å². The van der Waals surface area contributed by atoms with Crippen LogP contribution in [0.1, 0.15) is 18.9 Å². The standard InChI is InChI=1S/C13H18ClFO/c1-10(16-2)7-12(9-14)8-11-3-5-13(15)6-4-11/h3-6,10,12H,7-9H2,1-2H3. The molecule has 0 amide bonds. The minimum absolute atomic E-state index is 0.198. The molecule has 2 atom stereocenters. The van der Waals surface area contributed by atoms with Crippen LogP contribution in [0.4, 0.5) is 4.39 Å². The van der Waals surface area contributed by atoms with Gasteiger partial charge in [0.15, 0.2) is 0 Å². The lowest BCUT2D eigenvalue weighted by atomic mass is 9.96. The molecule has 0 saturated heterocycles. The molecule has 0 N–H and O–H groups in total. The van der Waals surface area contributed by atoms with Crippen LogP contribution in [0.25, 0.3) is 0 Å². The SMILES string of the molecule is COC(C)CC(CCl)Cc1ccc(F)cc1. The van der Waals surface area contributed by atoms with Gasteiger partial charge in [-0.2, -0.15) is 0 Å². The second kappa shape index (κ2) is 6.87. The smallest absolute Gasteiger partial charge is 0.123 e. The van der Waals surface area contributed by atoms with Crippen molar-refractivity contribution in [3.05, 3.63) is 35.6 Å². The van der Waals surface area contributed by atoms with E-state index in [-0.39, 0.29) is 11.9 Å². The summed E-state index contributed by atoms with van der Waals surface area (Å²) in [6, 6.07) is 6.60. The fraction of sp³-hybridized carbons (Fsp3) is 0.538. The lowest BCUT2D eigenvalue weighted by Gasteiger charge is -2.17. The van der Waals surface area contributed by atoms with Gasteiger partial charge in [0.25, 0.3) is 0 Å². The Balaban J connectivity index is 2.52. The third-order valence-corrected chi connectivity index (χ3v) is 3.16. The Hall–Kier alpha value is -0.600. The summed E-state index contributed by atoms with van der Waals surface area (Å²) in [5.74, 6) is 0.781. The monoisotopic (exact) mass is 244 g/mol. The van der Waals surface area contributed by atoms with Crippen molar-refractivity contribution in [3.63, 3.8) is 0 Å². The van der Waals surface area contributed by atoms with Gasteiger partial charge >= 0.3 is 0 Å². The molecule has 3 heteroatoms. The molecule has 1 aromatic carbocycles. The molecule has 0 aliphatic heterocycles. The number of ether oxygens (including phenoxy) is 1. The van der Waals surface area contributed by atoms with Gasteiger partial charge < -0.3 is 4.74 Å². The summed E-state index contributed by atoms with van der Waals surface area (Å²) < 4.78 is 17.9. The van der Waals surface area contributed by atoms with Gasteiger partial charge in [-0.1, -0.05) is 12.1 Å². The molecule has 1 rings (SSSR count). The molecule has 0 spiro atoms. The zero-order chi connectivity index (χ0) is 12.0. The maximum absolute atomic E-state index is 12.7. The Kier molecular flexibility index (Phi) is 5.78. The van der Waals surface area contributed by atoms with Crippen LogP contribution in [0.3, 0.4) is 0 Å². The van der Waals surface area contributed by atoms with Crippen molar-refractivity contribution in [3.8, 4) is 0 Å². The van der Waals surface area contributed by atoms with Crippen molar-refractivity contribution in [1.82, 2.24) is 0 Å². The van der Waals surface area contributed by atoms with Crippen molar-refractivity contribution >= 4 is 11.6 Å². The summed E-state index contributed by atoms with van der Waals surface area (Å²) in [5, 5.41) is 0. The maximum atomic E-state index is 12.7. The zero-order valence-corrected chi connectivity index (χ0v) is 10.5. The summed E-state index contributed by atoms with van der Waals surface area (Å²) >= 11 is 5.92. The molecule has 1 nitrogen and oxygen atoms in total. The largest absolute Gasteiger partial charge is 0.382 e. The van der Waals surface area contributed by atoms with Gasteiger partial charge in [-0.15, -0.1) is 11.6 Å². The summed E-state index contributed by atoms with van der Waals surface area (Å²) in [6.45, 7) is 2.03. The first kappa shape index (κ1) is 13.5. The van der Waals surface area contributed by atoms with Gasteiger partial charge in [0.1, 0.15) is 5.82 Å². The van der Waals surface area contributed by atoms with Crippen LogP contribution >= 0.6 is 11.6 Å². The number of hydrogen-bond acceptors (Lipinski definition) is 1. The molecule has 16 heavy (non-hydrogen) atoms. The number of rotatable bonds is 6. The number of alkyl halides is 1. The van der Waals surface area contributed by atoms with E-state index < -0.39 is 0 Å². The quantitative estimate of drug-likeness (QED) is 0.694. The summed E-state index contributed by atoms with van der Waals surface area (Å²) in [5.41, 5.74) is 1.12. The van der Waals surface area contributed by atoms with Crippen molar-refractivity contribution in [2.24, 2.45) is 5.92 Å². The van der Waals surface area contributed by atoms with E-state index in [4.69, 9.17) is 16.3 Å². The predicted molar refractivity (Wildman–Crippen MR) is 65.4 cm³/mol. The van der Waals surface area contributed by atoms with Crippen molar-refractivity contribution < 1.29 is 9.13 Å². The molecule has 2 unspecified atom stereocenters. The Morgan fingerprint density at radius 3 is 2.44 bits per heavy atom.